The lowest BCUT2D eigenvalue weighted by Crippen LogP contribution is -2.10. The van der Waals surface area contributed by atoms with Crippen molar-refractivity contribution in [3.8, 4) is 5.75 Å². The molecule has 5 heteroatoms. The number of nitro groups is 1. The van der Waals surface area contributed by atoms with E-state index in [4.69, 9.17) is 10.5 Å². The zero-order valence-corrected chi connectivity index (χ0v) is 7.90. The molecule has 5 nitrogen and oxygen atoms in total. The molecule has 0 heterocycles. The number of nitrogens with two attached hydrogens (primary N) is 1. The third-order valence-corrected chi connectivity index (χ3v) is 1.75. The highest BCUT2D eigenvalue weighted by molar-refractivity contribution is 5.44. The summed E-state index contributed by atoms with van der Waals surface area (Å²) in [5.74, 6) is 0.610. The lowest BCUT2D eigenvalue weighted by Gasteiger charge is -2.04. The van der Waals surface area contributed by atoms with Crippen LogP contribution in [0.4, 0.5) is 5.69 Å². The van der Waals surface area contributed by atoms with Crippen molar-refractivity contribution in [3.63, 3.8) is 0 Å². The average molecular weight is 196 g/mol. The van der Waals surface area contributed by atoms with Crippen molar-refractivity contribution in [2.24, 2.45) is 5.73 Å². The summed E-state index contributed by atoms with van der Waals surface area (Å²) in [6.07, 6.45) is 0. The molecule has 0 aliphatic heterocycles. The molecule has 0 unspecified atom stereocenters. The fourth-order valence-electron chi connectivity index (χ4n) is 1.10. The van der Waals surface area contributed by atoms with Gasteiger partial charge < -0.3 is 10.5 Å². The normalized spacial score (nSPS) is 9.86. The maximum atomic E-state index is 10.5. The summed E-state index contributed by atoms with van der Waals surface area (Å²) in [7, 11) is 0. The largest absolute Gasteiger partial charge is 0.492 e. The number of rotatable bonds is 4. The standard InChI is InChI=1S/C9H12N2O3/c1-7-6-8(14-5-4-10)2-3-9(7)11(12)13/h2-3,6H,4-5,10H2,1H3. The molecule has 2 N–H and O–H groups in total. The van der Waals surface area contributed by atoms with Gasteiger partial charge in [0.15, 0.2) is 0 Å². The van der Waals surface area contributed by atoms with E-state index < -0.39 is 4.92 Å². The molecule has 0 radical (unpaired) electrons. The van der Waals surface area contributed by atoms with Crippen molar-refractivity contribution in [2.45, 2.75) is 6.92 Å². The van der Waals surface area contributed by atoms with Crippen molar-refractivity contribution in [1.82, 2.24) is 0 Å². The van der Waals surface area contributed by atoms with Crippen LogP contribution in [0.25, 0.3) is 0 Å². The van der Waals surface area contributed by atoms with Gasteiger partial charge in [0.2, 0.25) is 0 Å². The Kier molecular flexibility index (Phi) is 3.41. The van der Waals surface area contributed by atoms with E-state index in [1.807, 2.05) is 0 Å². The Morgan fingerprint density at radius 3 is 2.79 bits per heavy atom. The van der Waals surface area contributed by atoms with Gasteiger partial charge in [-0.1, -0.05) is 0 Å². The number of nitro benzene ring substituents is 1. The molecule has 0 atom stereocenters. The van der Waals surface area contributed by atoms with Crippen LogP contribution in [-0.2, 0) is 0 Å². The van der Waals surface area contributed by atoms with Gasteiger partial charge in [0.05, 0.1) is 4.92 Å². The predicted molar refractivity (Wildman–Crippen MR) is 52.4 cm³/mol. The molecule has 1 aromatic rings. The Bertz CT molecular complexity index is 339. The molecule has 0 amide bonds. The summed E-state index contributed by atoms with van der Waals surface area (Å²) < 4.78 is 5.22. The quantitative estimate of drug-likeness (QED) is 0.580. The van der Waals surface area contributed by atoms with Crippen LogP contribution in [0, 0.1) is 17.0 Å². The first-order chi connectivity index (χ1) is 6.65. The Hall–Kier alpha value is -1.62. The molecular formula is C9H12N2O3. The van der Waals surface area contributed by atoms with E-state index in [2.05, 4.69) is 0 Å². The van der Waals surface area contributed by atoms with Gasteiger partial charge in [-0.25, -0.2) is 0 Å². The Labute approximate surface area is 81.6 Å². The molecule has 0 aliphatic rings. The van der Waals surface area contributed by atoms with Gasteiger partial charge in [-0.15, -0.1) is 0 Å². The highest BCUT2D eigenvalue weighted by Crippen LogP contribution is 2.22. The lowest BCUT2D eigenvalue weighted by molar-refractivity contribution is -0.385. The van der Waals surface area contributed by atoms with Gasteiger partial charge >= 0.3 is 0 Å². The topological polar surface area (TPSA) is 78.4 Å². The van der Waals surface area contributed by atoms with E-state index in [1.54, 1.807) is 19.1 Å². The van der Waals surface area contributed by atoms with Gasteiger partial charge in [0, 0.05) is 18.2 Å². The molecule has 14 heavy (non-hydrogen) atoms. The van der Waals surface area contributed by atoms with Crippen molar-refractivity contribution in [2.75, 3.05) is 13.2 Å². The smallest absolute Gasteiger partial charge is 0.272 e. The van der Waals surface area contributed by atoms with Crippen LogP contribution in [0.2, 0.25) is 0 Å². The van der Waals surface area contributed by atoms with E-state index in [-0.39, 0.29) is 5.69 Å². The van der Waals surface area contributed by atoms with E-state index in [0.29, 0.717) is 24.5 Å². The van der Waals surface area contributed by atoms with Crippen LogP contribution < -0.4 is 10.5 Å². The zero-order valence-electron chi connectivity index (χ0n) is 7.90. The van der Waals surface area contributed by atoms with Crippen LogP contribution in [0.1, 0.15) is 5.56 Å². The first-order valence-electron chi connectivity index (χ1n) is 4.23. The molecule has 76 valence electrons. The Morgan fingerprint density at radius 1 is 1.57 bits per heavy atom. The van der Waals surface area contributed by atoms with Crippen LogP contribution >= 0.6 is 0 Å². The number of aryl methyl sites for hydroxylation is 1. The fourth-order valence-corrected chi connectivity index (χ4v) is 1.10. The van der Waals surface area contributed by atoms with Gasteiger partial charge in [0.1, 0.15) is 12.4 Å². The number of hydrogen-bond acceptors (Lipinski definition) is 4. The van der Waals surface area contributed by atoms with Gasteiger partial charge in [-0.2, -0.15) is 0 Å². The third kappa shape index (κ3) is 2.43. The van der Waals surface area contributed by atoms with Gasteiger partial charge in [-0.05, 0) is 19.1 Å². The summed E-state index contributed by atoms with van der Waals surface area (Å²) in [4.78, 5) is 10.1. The summed E-state index contributed by atoms with van der Waals surface area (Å²) in [6.45, 7) is 2.51. The lowest BCUT2D eigenvalue weighted by atomic mass is 10.2. The second-order valence-corrected chi connectivity index (χ2v) is 2.84. The van der Waals surface area contributed by atoms with Crippen molar-refractivity contribution < 1.29 is 9.66 Å². The Balaban J connectivity index is 2.83. The molecule has 0 fully saturated rings. The van der Waals surface area contributed by atoms with Crippen LogP contribution in [0.3, 0.4) is 0 Å². The number of ether oxygens (including phenoxy) is 1. The summed E-state index contributed by atoms with van der Waals surface area (Å²) in [6, 6.07) is 4.63. The van der Waals surface area contributed by atoms with Gasteiger partial charge in [-0.3, -0.25) is 10.1 Å². The molecule has 0 saturated carbocycles. The van der Waals surface area contributed by atoms with Crippen LogP contribution in [-0.4, -0.2) is 18.1 Å². The monoisotopic (exact) mass is 196 g/mol. The second-order valence-electron chi connectivity index (χ2n) is 2.84. The first-order valence-corrected chi connectivity index (χ1v) is 4.23. The minimum absolute atomic E-state index is 0.102. The third-order valence-electron chi connectivity index (χ3n) is 1.75. The summed E-state index contributed by atoms with van der Waals surface area (Å²) in [5, 5.41) is 10.5. The number of benzene rings is 1. The minimum Gasteiger partial charge on any atom is -0.492 e. The van der Waals surface area contributed by atoms with E-state index in [1.165, 1.54) is 6.07 Å². The Morgan fingerprint density at radius 2 is 2.29 bits per heavy atom. The number of nitrogens with zero attached hydrogens (tertiary/aromatic N) is 1. The van der Waals surface area contributed by atoms with Crippen molar-refractivity contribution >= 4 is 5.69 Å². The van der Waals surface area contributed by atoms with Crippen molar-refractivity contribution in [3.05, 3.63) is 33.9 Å². The second kappa shape index (κ2) is 4.57. The zero-order chi connectivity index (χ0) is 10.6. The molecule has 1 rings (SSSR count). The first kappa shape index (κ1) is 10.5. The van der Waals surface area contributed by atoms with Crippen LogP contribution in [0.5, 0.6) is 5.75 Å². The fraction of sp³-hybridized carbons (Fsp3) is 0.333. The van der Waals surface area contributed by atoms with E-state index >= 15 is 0 Å². The number of hydrogen-bond donors (Lipinski definition) is 1. The predicted octanol–water partition coefficient (Wildman–Crippen LogP) is 1.24. The molecule has 0 bridgehead atoms. The SMILES string of the molecule is Cc1cc(OCCN)ccc1[N+](=O)[O-]. The maximum absolute atomic E-state index is 10.5. The summed E-state index contributed by atoms with van der Waals surface area (Å²) >= 11 is 0. The highest BCUT2D eigenvalue weighted by Gasteiger charge is 2.10. The van der Waals surface area contributed by atoms with E-state index in [9.17, 15) is 10.1 Å². The molecule has 0 saturated heterocycles. The highest BCUT2D eigenvalue weighted by atomic mass is 16.6. The van der Waals surface area contributed by atoms with Gasteiger partial charge in [0.25, 0.3) is 5.69 Å². The van der Waals surface area contributed by atoms with Crippen LogP contribution in [0.15, 0.2) is 18.2 Å². The maximum Gasteiger partial charge on any atom is 0.272 e. The minimum atomic E-state index is -0.415. The average Bonchev–Trinajstić information content (AvgIpc) is 2.14. The molecular weight excluding hydrogens is 184 g/mol. The van der Waals surface area contributed by atoms with Crippen molar-refractivity contribution in [1.29, 1.82) is 0 Å². The molecule has 0 spiro atoms. The molecule has 1 aromatic carbocycles. The molecule has 0 aliphatic carbocycles. The van der Waals surface area contributed by atoms with E-state index in [0.717, 1.165) is 0 Å². The molecule has 0 aromatic heterocycles. The summed E-state index contributed by atoms with van der Waals surface area (Å²) in [5.41, 5.74) is 5.95.